The normalized spacial score (nSPS) is 17.1. The van der Waals surface area contributed by atoms with E-state index < -0.39 is 28.8 Å². The average molecular weight is 555 g/mol. The Bertz CT molecular complexity index is 1370. The lowest BCUT2D eigenvalue weighted by atomic mass is 10.2. The van der Waals surface area contributed by atoms with Gasteiger partial charge in [-0.05, 0) is 48.5 Å². The van der Waals surface area contributed by atoms with Crippen molar-refractivity contribution in [3.8, 4) is 11.3 Å². The van der Waals surface area contributed by atoms with E-state index in [0.29, 0.717) is 27.1 Å². The fourth-order valence-corrected chi connectivity index (χ4v) is 4.44. The summed E-state index contributed by atoms with van der Waals surface area (Å²) in [7, 11) is 0. The zero-order valence-electron chi connectivity index (χ0n) is 18.0. The molecule has 0 aliphatic carbocycles. The second kappa shape index (κ2) is 10.8. The summed E-state index contributed by atoms with van der Waals surface area (Å²) in [4.78, 5) is 24.4. The molecule has 1 atom stereocenters. The van der Waals surface area contributed by atoms with E-state index >= 15 is 0 Å². The number of furan rings is 1. The maximum atomic E-state index is 12.8. The van der Waals surface area contributed by atoms with Crippen molar-refractivity contribution in [2.75, 3.05) is 5.32 Å². The van der Waals surface area contributed by atoms with Crippen LogP contribution in [0.3, 0.4) is 0 Å². The molecule has 0 saturated carbocycles. The van der Waals surface area contributed by atoms with Gasteiger partial charge in [-0.1, -0.05) is 41.0 Å². The predicted octanol–water partition coefficient (Wildman–Crippen LogP) is 6.22. The second-order valence-electron chi connectivity index (χ2n) is 7.40. The molecule has 1 unspecified atom stereocenters. The first-order chi connectivity index (χ1) is 17.1. The third kappa shape index (κ3) is 6.48. The van der Waals surface area contributed by atoms with Gasteiger partial charge in [0.2, 0.25) is 11.8 Å². The summed E-state index contributed by atoms with van der Waals surface area (Å²) in [5.41, 5.74) is -0.298. The van der Waals surface area contributed by atoms with Crippen LogP contribution in [0.15, 0.2) is 69.2 Å². The minimum absolute atomic E-state index is 0.0198. The topological polar surface area (TPSA) is 96.1 Å². The smallest absolute Gasteiger partial charge is 0.416 e. The number of anilines is 1. The van der Waals surface area contributed by atoms with Crippen LogP contribution in [0.2, 0.25) is 10.0 Å². The fraction of sp³-hybridized carbons (Fsp3) is 0.130. The van der Waals surface area contributed by atoms with Gasteiger partial charge in [-0.15, -0.1) is 5.10 Å². The lowest BCUT2D eigenvalue weighted by molar-refractivity contribution is -0.137. The molecule has 186 valence electrons. The van der Waals surface area contributed by atoms with E-state index in [1.165, 1.54) is 18.3 Å². The molecule has 13 heteroatoms. The summed E-state index contributed by atoms with van der Waals surface area (Å²) in [5.74, 6) is -0.234. The molecule has 2 N–H and O–H groups in total. The van der Waals surface area contributed by atoms with Crippen LogP contribution in [0.4, 0.5) is 18.9 Å². The van der Waals surface area contributed by atoms with Crippen molar-refractivity contribution < 1.29 is 27.2 Å². The summed E-state index contributed by atoms with van der Waals surface area (Å²) in [6, 6.07) is 12.5. The second-order valence-corrected chi connectivity index (χ2v) is 9.44. The number of thioether (sulfide) groups is 1. The van der Waals surface area contributed by atoms with Gasteiger partial charge >= 0.3 is 6.18 Å². The number of alkyl halides is 3. The van der Waals surface area contributed by atoms with E-state index in [0.717, 1.165) is 23.9 Å². The Hall–Kier alpha value is -3.28. The first kappa shape index (κ1) is 25.8. The number of nitrogens with zero attached hydrogens (tertiary/aromatic N) is 2. The van der Waals surface area contributed by atoms with E-state index in [1.54, 1.807) is 30.3 Å². The number of hydrogen-bond donors (Lipinski definition) is 2. The molecular formula is C23H15Cl2F3N4O3S. The third-order valence-electron chi connectivity index (χ3n) is 4.78. The highest BCUT2D eigenvalue weighted by Gasteiger charge is 2.33. The first-order valence-corrected chi connectivity index (χ1v) is 11.8. The molecule has 0 spiro atoms. The highest BCUT2D eigenvalue weighted by Crippen LogP contribution is 2.32. The molecular weight excluding hydrogens is 540 g/mol. The van der Waals surface area contributed by atoms with Gasteiger partial charge in [0.05, 0.1) is 16.8 Å². The highest BCUT2D eigenvalue weighted by molar-refractivity contribution is 8.15. The first-order valence-electron chi connectivity index (χ1n) is 10.2. The Labute approximate surface area is 216 Å². The van der Waals surface area contributed by atoms with Crippen molar-refractivity contribution in [1.29, 1.82) is 0 Å². The Morgan fingerprint density at radius 1 is 1.17 bits per heavy atom. The van der Waals surface area contributed by atoms with Crippen molar-refractivity contribution >= 4 is 63.8 Å². The molecule has 3 aromatic rings. The average Bonchev–Trinajstić information content (AvgIpc) is 3.41. The Kier molecular flexibility index (Phi) is 7.72. The quantitative estimate of drug-likeness (QED) is 0.279. The van der Waals surface area contributed by atoms with E-state index in [2.05, 4.69) is 20.8 Å². The number of benzene rings is 2. The van der Waals surface area contributed by atoms with Gasteiger partial charge in [-0.25, -0.2) is 0 Å². The minimum Gasteiger partial charge on any atom is -0.455 e. The van der Waals surface area contributed by atoms with Crippen LogP contribution >= 0.6 is 35.0 Å². The number of carbonyl (C=O) groups is 2. The summed E-state index contributed by atoms with van der Waals surface area (Å²) in [6.45, 7) is 0. The van der Waals surface area contributed by atoms with Crippen LogP contribution in [0.25, 0.3) is 11.3 Å². The van der Waals surface area contributed by atoms with Crippen molar-refractivity contribution in [2.45, 2.75) is 17.8 Å². The van der Waals surface area contributed by atoms with Crippen LogP contribution in [-0.4, -0.2) is 28.4 Å². The lowest BCUT2D eigenvalue weighted by Gasteiger charge is -2.10. The van der Waals surface area contributed by atoms with Crippen LogP contribution in [0, 0.1) is 0 Å². The van der Waals surface area contributed by atoms with Gasteiger partial charge in [-0.2, -0.15) is 18.3 Å². The van der Waals surface area contributed by atoms with Gasteiger partial charge in [0.15, 0.2) is 5.17 Å². The molecule has 0 bridgehead atoms. The summed E-state index contributed by atoms with van der Waals surface area (Å²) in [5, 5.41) is 13.0. The molecule has 2 amide bonds. The van der Waals surface area contributed by atoms with Gasteiger partial charge in [0, 0.05) is 22.7 Å². The molecule has 1 saturated heterocycles. The van der Waals surface area contributed by atoms with Crippen molar-refractivity contribution in [3.63, 3.8) is 0 Å². The fourth-order valence-electron chi connectivity index (χ4n) is 3.13. The summed E-state index contributed by atoms with van der Waals surface area (Å²) < 4.78 is 44.2. The number of rotatable bonds is 6. The van der Waals surface area contributed by atoms with Gasteiger partial charge < -0.3 is 15.1 Å². The summed E-state index contributed by atoms with van der Waals surface area (Å²) in [6.07, 6.45) is -3.47. The molecule has 2 heterocycles. The largest absolute Gasteiger partial charge is 0.455 e. The standard InChI is InChI=1S/C23H15Cl2F3N4O3S/c24-13-4-6-17(25)16(9-13)18-7-5-15(35-18)11-29-32-22-31-21(34)19(36-22)10-20(33)30-14-3-1-2-12(8-14)23(26,27)28/h1-9,11,19H,10H2,(H,30,33)(H,31,32,34)/b29-11+. The van der Waals surface area contributed by atoms with E-state index in [-0.39, 0.29) is 17.3 Å². The highest BCUT2D eigenvalue weighted by atomic mass is 35.5. The van der Waals surface area contributed by atoms with Crippen LogP contribution in [0.5, 0.6) is 0 Å². The predicted molar refractivity (Wildman–Crippen MR) is 133 cm³/mol. The lowest BCUT2D eigenvalue weighted by Crippen LogP contribution is -2.28. The van der Waals surface area contributed by atoms with Crippen molar-refractivity contribution in [1.82, 2.24) is 5.32 Å². The molecule has 2 aromatic carbocycles. The van der Waals surface area contributed by atoms with Crippen molar-refractivity contribution in [3.05, 3.63) is 76.0 Å². The maximum absolute atomic E-state index is 12.8. The molecule has 1 aliphatic rings. The van der Waals surface area contributed by atoms with E-state index in [1.807, 2.05) is 0 Å². The van der Waals surface area contributed by atoms with Crippen LogP contribution < -0.4 is 10.6 Å². The number of carbonyl (C=O) groups excluding carboxylic acids is 2. The number of amidine groups is 1. The van der Waals surface area contributed by atoms with Crippen LogP contribution in [-0.2, 0) is 15.8 Å². The Balaban J connectivity index is 1.34. The van der Waals surface area contributed by atoms with E-state index in [9.17, 15) is 22.8 Å². The molecule has 7 nitrogen and oxygen atoms in total. The maximum Gasteiger partial charge on any atom is 0.416 e. The third-order valence-corrected chi connectivity index (χ3v) is 6.41. The van der Waals surface area contributed by atoms with Gasteiger partial charge in [0.1, 0.15) is 16.8 Å². The molecule has 36 heavy (non-hydrogen) atoms. The minimum atomic E-state index is -4.53. The number of nitrogens with one attached hydrogen (secondary N) is 2. The monoisotopic (exact) mass is 554 g/mol. The Morgan fingerprint density at radius 3 is 2.75 bits per heavy atom. The zero-order valence-corrected chi connectivity index (χ0v) is 20.3. The Morgan fingerprint density at radius 2 is 1.97 bits per heavy atom. The summed E-state index contributed by atoms with van der Waals surface area (Å²) >= 11 is 13.2. The van der Waals surface area contributed by atoms with Gasteiger partial charge in [-0.3, -0.25) is 9.59 Å². The molecule has 4 rings (SSSR count). The zero-order chi connectivity index (χ0) is 25.9. The number of halogens is 5. The van der Waals surface area contributed by atoms with Crippen molar-refractivity contribution in [2.24, 2.45) is 10.2 Å². The molecule has 0 radical (unpaired) electrons. The SMILES string of the molecule is O=C(CC1S/C(=N/N=C/c2ccc(-c3cc(Cl)ccc3Cl)o2)NC1=O)Nc1cccc(C(F)(F)F)c1. The number of hydrogen-bond acceptors (Lipinski definition) is 6. The van der Waals surface area contributed by atoms with E-state index in [4.69, 9.17) is 27.6 Å². The molecule has 1 aliphatic heterocycles. The molecule has 1 fully saturated rings. The van der Waals surface area contributed by atoms with Gasteiger partial charge in [0.25, 0.3) is 0 Å². The van der Waals surface area contributed by atoms with Crippen LogP contribution in [0.1, 0.15) is 17.7 Å². The molecule has 1 aromatic heterocycles. The number of amides is 2.